The van der Waals surface area contributed by atoms with E-state index in [9.17, 15) is 4.79 Å². The van der Waals surface area contributed by atoms with Crippen molar-refractivity contribution in [2.45, 2.75) is 0 Å². The number of hydrogen-bond acceptors (Lipinski definition) is 2. The lowest BCUT2D eigenvalue weighted by atomic mass is 10.2. The monoisotopic (exact) mass is 314 g/mol. The average molecular weight is 316 g/mol. The van der Waals surface area contributed by atoms with Gasteiger partial charge in [-0.3, -0.25) is 9.88 Å². The van der Waals surface area contributed by atoms with E-state index < -0.39 is 6.09 Å². The molecule has 6 heteroatoms. The normalized spacial score (nSPS) is 10.5. The van der Waals surface area contributed by atoms with Crippen LogP contribution in [0.3, 0.4) is 0 Å². The minimum atomic E-state index is -1.03. The number of aromatic nitrogens is 1. The summed E-state index contributed by atoms with van der Waals surface area (Å²) >= 11 is 9.29. The highest BCUT2D eigenvalue weighted by molar-refractivity contribution is 9.10. The Morgan fingerprint density at radius 3 is 2.82 bits per heavy atom. The third-order valence-corrected chi connectivity index (χ3v) is 3.18. The van der Waals surface area contributed by atoms with Crippen LogP contribution in [0.1, 0.15) is 0 Å². The Kier molecular flexibility index (Phi) is 3.22. The maximum Gasteiger partial charge on any atom is 0.411 e. The molecule has 0 saturated carbocycles. The van der Waals surface area contributed by atoms with Crippen molar-refractivity contribution < 1.29 is 9.90 Å². The molecule has 0 unspecified atom stereocenters. The van der Waals surface area contributed by atoms with Gasteiger partial charge in [0.25, 0.3) is 0 Å². The van der Waals surface area contributed by atoms with Crippen molar-refractivity contribution >= 4 is 50.2 Å². The second-order valence-electron chi connectivity index (χ2n) is 3.49. The van der Waals surface area contributed by atoms with Crippen LogP contribution in [0.25, 0.3) is 10.9 Å². The minimum Gasteiger partial charge on any atom is -0.465 e. The maximum absolute atomic E-state index is 10.8. The van der Waals surface area contributed by atoms with Crippen LogP contribution < -0.4 is 4.90 Å². The zero-order valence-electron chi connectivity index (χ0n) is 8.82. The summed E-state index contributed by atoms with van der Waals surface area (Å²) in [5.41, 5.74) is 1.25. The van der Waals surface area contributed by atoms with Crippen molar-refractivity contribution in [1.29, 1.82) is 0 Å². The van der Waals surface area contributed by atoms with Crippen molar-refractivity contribution in [3.8, 4) is 0 Å². The Hall–Kier alpha value is -1.33. The van der Waals surface area contributed by atoms with Gasteiger partial charge in [0.15, 0.2) is 0 Å². The molecule has 0 bridgehead atoms. The van der Waals surface area contributed by atoms with Crippen molar-refractivity contribution in [3.05, 3.63) is 33.9 Å². The predicted molar refractivity (Wildman–Crippen MR) is 70.9 cm³/mol. The SMILES string of the molecule is CN(C(=O)O)c1cnc2c(Br)cc(Cl)cc2c1. The van der Waals surface area contributed by atoms with Crippen LogP contribution in [0.5, 0.6) is 0 Å². The van der Waals surface area contributed by atoms with Gasteiger partial charge >= 0.3 is 6.09 Å². The lowest BCUT2D eigenvalue weighted by Crippen LogP contribution is -2.23. The van der Waals surface area contributed by atoms with E-state index >= 15 is 0 Å². The first kappa shape index (κ1) is 12.1. The molecule has 88 valence electrons. The molecule has 0 spiro atoms. The van der Waals surface area contributed by atoms with E-state index in [1.165, 1.54) is 13.2 Å². The van der Waals surface area contributed by atoms with Crippen LogP contribution in [0.2, 0.25) is 5.02 Å². The van der Waals surface area contributed by atoms with E-state index in [4.69, 9.17) is 16.7 Å². The van der Waals surface area contributed by atoms with Crippen molar-refractivity contribution in [1.82, 2.24) is 4.98 Å². The molecule has 0 aliphatic rings. The van der Waals surface area contributed by atoms with Crippen LogP contribution >= 0.6 is 27.5 Å². The molecule has 0 aliphatic carbocycles. The Labute approximate surface area is 111 Å². The molecule has 0 fully saturated rings. The number of hydrogen-bond donors (Lipinski definition) is 1. The molecule has 1 aromatic carbocycles. The molecule has 2 aromatic rings. The fraction of sp³-hybridized carbons (Fsp3) is 0.0909. The number of rotatable bonds is 1. The molecule has 1 N–H and O–H groups in total. The Morgan fingerprint density at radius 1 is 1.47 bits per heavy atom. The third-order valence-electron chi connectivity index (χ3n) is 2.36. The number of anilines is 1. The van der Waals surface area contributed by atoms with Crippen molar-refractivity contribution in [3.63, 3.8) is 0 Å². The fourth-order valence-corrected chi connectivity index (χ4v) is 2.39. The van der Waals surface area contributed by atoms with E-state index in [1.807, 2.05) is 0 Å². The van der Waals surface area contributed by atoms with Gasteiger partial charge in [0, 0.05) is 21.9 Å². The Balaban J connectivity index is 2.61. The first-order valence-electron chi connectivity index (χ1n) is 4.70. The van der Waals surface area contributed by atoms with Gasteiger partial charge in [-0.15, -0.1) is 0 Å². The van der Waals surface area contributed by atoms with E-state index in [0.717, 1.165) is 20.3 Å². The molecule has 1 heterocycles. The van der Waals surface area contributed by atoms with Crippen LogP contribution in [0.4, 0.5) is 10.5 Å². The highest BCUT2D eigenvalue weighted by Gasteiger charge is 2.10. The van der Waals surface area contributed by atoms with Crippen molar-refractivity contribution in [2.24, 2.45) is 0 Å². The highest BCUT2D eigenvalue weighted by atomic mass is 79.9. The summed E-state index contributed by atoms with van der Waals surface area (Å²) in [4.78, 5) is 16.1. The smallest absolute Gasteiger partial charge is 0.411 e. The molecule has 17 heavy (non-hydrogen) atoms. The molecule has 0 saturated heterocycles. The van der Waals surface area contributed by atoms with Gasteiger partial charge in [-0.25, -0.2) is 4.79 Å². The van der Waals surface area contributed by atoms with E-state index in [2.05, 4.69) is 20.9 Å². The van der Waals surface area contributed by atoms with Gasteiger partial charge in [-0.1, -0.05) is 11.6 Å². The number of benzene rings is 1. The van der Waals surface area contributed by atoms with Gasteiger partial charge in [0.1, 0.15) is 0 Å². The third kappa shape index (κ3) is 2.35. The molecule has 2 rings (SSSR count). The van der Waals surface area contributed by atoms with E-state index in [0.29, 0.717) is 10.7 Å². The summed E-state index contributed by atoms with van der Waals surface area (Å²) in [6.07, 6.45) is 0.474. The van der Waals surface area contributed by atoms with Crippen LogP contribution in [-0.4, -0.2) is 23.2 Å². The lowest BCUT2D eigenvalue weighted by Gasteiger charge is -2.13. The maximum atomic E-state index is 10.8. The number of amides is 1. The number of pyridine rings is 1. The average Bonchev–Trinajstić information content (AvgIpc) is 2.26. The molecule has 0 radical (unpaired) electrons. The van der Waals surface area contributed by atoms with E-state index in [-0.39, 0.29) is 0 Å². The molecule has 0 atom stereocenters. The summed E-state index contributed by atoms with van der Waals surface area (Å²) in [5.74, 6) is 0. The molecule has 4 nitrogen and oxygen atoms in total. The Bertz CT molecular complexity index is 603. The van der Waals surface area contributed by atoms with Crippen LogP contribution in [0, 0.1) is 0 Å². The predicted octanol–water partition coefficient (Wildman–Crippen LogP) is 3.76. The second-order valence-corrected chi connectivity index (χ2v) is 4.79. The summed E-state index contributed by atoms with van der Waals surface area (Å²) in [7, 11) is 1.46. The van der Waals surface area contributed by atoms with Gasteiger partial charge in [0.05, 0.1) is 17.4 Å². The molecule has 0 aliphatic heterocycles. The van der Waals surface area contributed by atoms with Gasteiger partial charge in [-0.05, 0) is 34.1 Å². The van der Waals surface area contributed by atoms with Gasteiger partial charge < -0.3 is 5.11 Å². The minimum absolute atomic E-state index is 0.499. The zero-order valence-corrected chi connectivity index (χ0v) is 11.2. The van der Waals surface area contributed by atoms with Crippen LogP contribution in [-0.2, 0) is 0 Å². The Morgan fingerprint density at radius 2 is 2.18 bits per heavy atom. The zero-order chi connectivity index (χ0) is 12.6. The summed E-state index contributed by atoms with van der Waals surface area (Å²) < 4.78 is 0.782. The second kappa shape index (κ2) is 4.50. The number of nitrogens with zero attached hydrogens (tertiary/aromatic N) is 2. The molecule has 1 amide bonds. The lowest BCUT2D eigenvalue weighted by molar-refractivity contribution is 0.203. The summed E-state index contributed by atoms with van der Waals surface area (Å²) in [5, 5.41) is 10.2. The first-order valence-corrected chi connectivity index (χ1v) is 5.87. The van der Waals surface area contributed by atoms with Crippen LogP contribution in [0.15, 0.2) is 28.9 Å². The van der Waals surface area contributed by atoms with Gasteiger partial charge in [0.2, 0.25) is 0 Å². The highest BCUT2D eigenvalue weighted by Crippen LogP contribution is 2.28. The molecular weight excluding hydrogens is 307 g/mol. The van der Waals surface area contributed by atoms with Gasteiger partial charge in [-0.2, -0.15) is 0 Å². The number of carbonyl (C=O) groups is 1. The first-order chi connectivity index (χ1) is 7.99. The largest absolute Gasteiger partial charge is 0.465 e. The standard InChI is InChI=1S/C11H8BrClN2O2/c1-15(11(16)17)8-3-6-2-7(13)4-9(12)10(6)14-5-8/h2-5H,1H3,(H,16,17). The van der Waals surface area contributed by atoms with E-state index in [1.54, 1.807) is 18.2 Å². The fourth-order valence-electron chi connectivity index (χ4n) is 1.45. The molecule has 1 aromatic heterocycles. The number of fused-ring (bicyclic) bond motifs is 1. The van der Waals surface area contributed by atoms with Crippen molar-refractivity contribution in [2.75, 3.05) is 11.9 Å². The summed E-state index contributed by atoms with van der Waals surface area (Å²) in [6.45, 7) is 0. The quantitative estimate of drug-likeness (QED) is 0.871. The number of carboxylic acid groups (broad SMARTS) is 1. The summed E-state index contributed by atoms with van der Waals surface area (Å²) in [6, 6.07) is 5.22. The molecular formula is C11H8BrClN2O2. The number of halogens is 2. The topological polar surface area (TPSA) is 53.4 Å².